The normalized spacial score (nSPS) is 17.7. The highest BCUT2D eigenvalue weighted by Gasteiger charge is 2.31. The van der Waals surface area contributed by atoms with Crippen LogP contribution in [0.4, 0.5) is 0 Å². The number of phenolic OH excluding ortho intramolecular Hbond substituents is 1. The zero-order valence-electron chi connectivity index (χ0n) is 11.4. The van der Waals surface area contributed by atoms with Crippen molar-refractivity contribution in [1.29, 1.82) is 0 Å². The fourth-order valence-corrected chi connectivity index (χ4v) is 2.96. The van der Waals surface area contributed by atoms with Gasteiger partial charge in [0, 0.05) is 17.5 Å². The van der Waals surface area contributed by atoms with Crippen LogP contribution in [0.3, 0.4) is 0 Å². The Morgan fingerprint density at radius 3 is 2.60 bits per heavy atom. The Labute approximate surface area is 127 Å². The maximum Gasteiger partial charge on any atom is 0.251 e. The third kappa shape index (κ3) is 3.52. The van der Waals surface area contributed by atoms with E-state index >= 15 is 0 Å². The summed E-state index contributed by atoms with van der Waals surface area (Å²) < 4.78 is 0.563. The second-order valence-electron chi connectivity index (χ2n) is 5.57. The van der Waals surface area contributed by atoms with Crippen LogP contribution in [-0.4, -0.2) is 29.3 Å². The van der Waals surface area contributed by atoms with E-state index in [1.54, 1.807) is 12.1 Å². The van der Waals surface area contributed by atoms with Crippen LogP contribution in [0, 0.1) is 5.41 Å². The van der Waals surface area contributed by atoms with Gasteiger partial charge in [-0.3, -0.25) is 4.79 Å². The first-order valence-corrected chi connectivity index (χ1v) is 7.73. The van der Waals surface area contributed by atoms with Gasteiger partial charge in [-0.15, -0.1) is 0 Å². The van der Waals surface area contributed by atoms with Gasteiger partial charge >= 0.3 is 0 Å². The number of halogens is 1. The Morgan fingerprint density at radius 2 is 2.00 bits per heavy atom. The van der Waals surface area contributed by atoms with E-state index < -0.39 is 0 Å². The van der Waals surface area contributed by atoms with Crippen molar-refractivity contribution in [2.45, 2.75) is 32.1 Å². The van der Waals surface area contributed by atoms with Crippen LogP contribution in [0.2, 0.25) is 0 Å². The first-order chi connectivity index (χ1) is 9.56. The van der Waals surface area contributed by atoms with Gasteiger partial charge in [-0.25, -0.2) is 0 Å². The molecule has 1 aromatic rings. The molecule has 1 amide bonds. The van der Waals surface area contributed by atoms with Crippen LogP contribution in [0.15, 0.2) is 22.7 Å². The highest BCUT2D eigenvalue weighted by Crippen LogP contribution is 2.35. The number of hydrogen-bond donors (Lipinski definition) is 3. The Morgan fingerprint density at radius 1 is 1.30 bits per heavy atom. The Balaban J connectivity index is 1.98. The molecule has 1 saturated carbocycles. The van der Waals surface area contributed by atoms with Crippen LogP contribution in [0.1, 0.15) is 42.5 Å². The molecule has 0 aliphatic heterocycles. The van der Waals surface area contributed by atoms with Crippen molar-refractivity contribution >= 4 is 21.8 Å². The lowest BCUT2D eigenvalue weighted by atomic mass is 9.74. The zero-order valence-corrected chi connectivity index (χ0v) is 12.9. The summed E-state index contributed by atoms with van der Waals surface area (Å²) in [6, 6.07) is 4.74. The summed E-state index contributed by atoms with van der Waals surface area (Å²) in [6.07, 6.45) is 5.33. The molecule has 5 heteroatoms. The number of benzene rings is 1. The highest BCUT2D eigenvalue weighted by molar-refractivity contribution is 9.10. The standard InChI is InChI=1S/C15H20BrNO3/c16-12-5-4-11(8-13(12)19)14(20)17-9-15(10-18)6-2-1-3-7-15/h4-5,8,18-19H,1-3,6-7,9-10H2,(H,17,20). The van der Waals surface area contributed by atoms with E-state index in [1.165, 1.54) is 12.5 Å². The highest BCUT2D eigenvalue weighted by atomic mass is 79.9. The summed E-state index contributed by atoms with van der Waals surface area (Å²) >= 11 is 3.18. The average Bonchev–Trinajstić information content (AvgIpc) is 2.48. The molecule has 0 heterocycles. The van der Waals surface area contributed by atoms with Crippen LogP contribution in [0.5, 0.6) is 5.75 Å². The molecule has 110 valence electrons. The van der Waals surface area contributed by atoms with Crippen molar-refractivity contribution in [3.63, 3.8) is 0 Å². The number of carbonyl (C=O) groups is 1. The molecule has 2 rings (SSSR count). The number of nitrogens with one attached hydrogen (secondary N) is 1. The van der Waals surface area contributed by atoms with Gasteiger partial charge in [0.05, 0.1) is 11.1 Å². The molecular weight excluding hydrogens is 322 g/mol. The molecule has 0 unspecified atom stereocenters. The topological polar surface area (TPSA) is 69.6 Å². The third-order valence-corrected chi connectivity index (χ3v) is 4.75. The van der Waals surface area contributed by atoms with Crippen molar-refractivity contribution in [3.05, 3.63) is 28.2 Å². The Kier molecular flexibility index (Phi) is 5.05. The molecule has 0 saturated heterocycles. The second-order valence-corrected chi connectivity index (χ2v) is 6.42. The first-order valence-electron chi connectivity index (χ1n) is 6.94. The molecule has 4 nitrogen and oxygen atoms in total. The smallest absolute Gasteiger partial charge is 0.251 e. The largest absolute Gasteiger partial charge is 0.507 e. The van der Waals surface area contributed by atoms with Crippen LogP contribution >= 0.6 is 15.9 Å². The van der Waals surface area contributed by atoms with Gasteiger partial charge in [-0.2, -0.15) is 0 Å². The maximum absolute atomic E-state index is 12.1. The number of aliphatic hydroxyl groups excluding tert-OH is 1. The van der Waals surface area contributed by atoms with Crippen molar-refractivity contribution in [2.75, 3.05) is 13.2 Å². The van der Waals surface area contributed by atoms with Crippen molar-refractivity contribution in [3.8, 4) is 5.75 Å². The van der Waals surface area contributed by atoms with Gasteiger partial charge in [0.25, 0.3) is 5.91 Å². The van der Waals surface area contributed by atoms with Crippen LogP contribution in [-0.2, 0) is 0 Å². The van der Waals surface area contributed by atoms with E-state index in [9.17, 15) is 15.0 Å². The maximum atomic E-state index is 12.1. The Bertz CT molecular complexity index is 484. The summed E-state index contributed by atoms with van der Waals surface area (Å²) in [5, 5.41) is 22.1. The van der Waals surface area contributed by atoms with Gasteiger partial charge in [-0.05, 0) is 47.0 Å². The van der Waals surface area contributed by atoms with Crippen molar-refractivity contribution < 1.29 is 15.0 Å². The van der Waals surface area contributed by atoms with Crippen molar-refractivity contribution in [1.82, 2.24) is 5.32 Å². The zero-order chi connectivity index (χ0) is 14.6. The molecule has 20 heavy (non-hydrogen) atoms. The monoisotopic (exact) mass is 341 g/mol. The molecule has 0 radical (unpaired) electrons. The number of carbonyl (C=O) groups excluding carboxylic acids is 1. The minimum atomic E-state index is -0.216. The van der Waals surface area contributed by atoms with Gasteiger partial charge in [0.2, 0.25) is 0 Å². The molecule has 1 aliphatic rings. The van der Waals surface area contributed by atoms with Gasteiger partial charge in [0.15, 0.2) is 0 Å². The minimum Gasteiger partial charge on any atom is -0.507 e. The number of rotatable bonds is 4. The van der Waals surface area contributed by atoms with E-state index in [-0.39, 0.29) is 23.7 Å². The number of aromatic hydroxyl groups is 1. The summed E-state index contributed by atoms with van der Waals surface area (Å²) in [6.45, 7) is 0.595. The molecule has 0 aromatic heterocycles. The number of amides is 1. The summed E-state index contributed by atoms with van der Waals surface area (Å²) in [7, 11) is 0. The SMILES string of the molecule is O=C(NCC1(CO)CCCCC1)c1ccc(Br)c(O)c1. The summed E-state index contributed by atoms with van der Waals surface area (Å²) in [5.41, 5.74) is 0.250. The van der Waals surface area contributed by atoms with Crippen LogP contribution in [0.25, 0.3) is 0 Å². The minimum absolute atomic E-state index is 0.0483. The van der Waals surface area contributed by atoms with Crippen LogP contribution < -0.4 is 5.32 Å². The lowest BCUT2D eigenvalue weighted by Gasteiger charge is -2.35. The number of phenols is 1. The predicted octanol–water partition coefficient (Wildman–Crippen LogP) is 2.83. The second kappa shape index (κ2) is 6.59. The van der Waals surface area contributed by atoms with Gasteiger partial charge in [0.1, 0.15) is 5.75 Å². The summed E-state index contributed by atoms with van der Waals surface area (Å²) in [4.78, 5) is 12.1. The molecule has 0 bridgehead atoms. The van der Waals surface area contributed by atoms with Gasteiger partial charge < -0.3 is 15.5 Å². The van der Waals surface area contributed by atoms with Crippen molar-refractivity contribution in [2.24, 2.45) is 5.41 Å². The predicted molar refractivity (Wildman–Crippen MR) is 80.7 cm³/mol. The molecule has 3 N–H and O–H groups in total. The fourth-order valence-electron chi connectivity index (χ4n) is 2.72. The molecule has 1 aliphatic carbocycles. The van der Waals surface area contributed by atoms with E-state index in [2.05, 4.69) is 21.2 Å². The number of hydrogen-bond acceptors (Lipinski definition) is 3. The van der Waals surface area contributed by atoms with Gasteiger partial charge in [-0.1, -0.05) is 19.3 Å². The quantitative estimate of drug-likeness (QED) is 0.788. The molecule has 1 aromatic carbocycles. The van der Waals surface area contributed by atoms with E-state index in [0.29, 0.717) is 16.6 Å². The third-order valence-electron chi connectivity index (χ3n) is 4.08. The molecular formula is C15H20BrNO3. The molecule has 0 spiro atoms. The van der Waals surface area contributed by atoms with E-state index in [4.69, 9.17) is 0 Å². The lowest BCUT2D eigenvalue weighted by Crippen LogP contribution is -2.41. The Hall–Kier alpha value is -1.07. The number of aliphatic hydroxyl groups is 1. The first kappa shape index (κ1) is 15.3. The fraction of sp³-hybridized carbons (Fsp3) is 0.533. The van der Waals surface area contributed by atoms with E-state index in [0.717, 1.165) is 25.7 Å². The lowest BCUT2D eigenvalue weighted by molar-refractivity contribution is 0.0718. The molecule has 0 atom stereocenters. The average molecular weight is 342 g/mol. The summed E-state index contributed by atoms with van der Waals surface area (Å²) in [5.74, 6) is -0.168. The molecule has 1 fully saturated rings. The van der Waals surface area contributed by atoms with E-state index in [1.807, 2.05) is 0 Å².